The Morgan fingerprint density at radius 3 is 2.74 bits per heavy atom. The van der Waals surface area contributed by atoms with E-state index in [2.05, 4.69) is 23.3 Å². The highest BCUT2D eigenvalue weighted by molar-refractivity contribution is 5.97. The third-order valence-electron chi connectivity index (χ3n) is 7.13. The van der Waals surface area contributed by atoms with Crippen LogP contribution in [0, 0.1) is 0 Å². The Bertz CT molecular complexity index is 1480. The number of benzene rings is 3. The van der Waals surface area contributed by atoms with Crippen molar-refractivity contribution in [3.05, 3.63) is 90.8 Å². The Hall–Kier alpha value is -4.26. The van der Waals surface area contributed by atoms with Crippen LogP contribution in [0.25, 0.3) is 11.0 Å². The van der Waals surface area contributed by atoms with Crippen molar-refractivity contribution >= 4 is 22.6 Å². The first-order valence-electron chi connectivity index (χ1n) is 13.2. The van der Waals surface area contributed by atoms with Crippen LogP contribution < -0.4 is 19.1 Å². The normalized spacial score (nSPS) is 16.7. The second-order valence-electron chi connectivity index (χ2n) is 9.65. The van der Waals surface area contributed by atoms with Crippen molar-refractivity contribution in [2.24, 2.45) is 0 Å². The van der Waals surface area contributed by atoms with Gasteiger partial charge in [0, 0.05) is 37.2 Å². The molecule has 7 heteroatoms. The highest BCUT2D eigenvalue weighted by Crippen LogP contribution is 2.38. The SMILES string of the molecule is C=CCc1ccccc1OCCCn1c(C2CC(=O)N(c3ccc4c(c3)OCCO4)C2)nc2ccccc21. The standard InChI is InChI=1S/C31H31N3O4/c1-2-8-22-9-3-6-12-27(22)36-16-7-15-33-26-11-5-4-10-25(26)32-31(33)23-19-30(35)34(21-23)24-13-14-28-29(20-24)38-18-17-37-28/h2-6,9-14,20,23H,1,7-8,15-19,21H2. The van der Waals surface area contributed by atoms with E-state index in [1.807, 2.05) is 65.6 Å². The summed E-state index contributed by atoms with van der Waals surface area (Å²) in [5, 5.41) is 0. The maximum Gasteiger partial charge on any atom is 0.227 e. The number of hydrogen-bond donors (Lipinski definition) is 0. The Morgan fingerprint density at radius 1 is 1.03 bits per heavy atom. The fourth-order valence-corrected chi connectivity index (χ4v) is 5.34. The predicted octanol–water partition coefficient (Wildman–Crippen LogP) is 5.53. The van der Waals surface area contributed by atoms with Gasteiger partial charge in [-0.05, 0) is 48.7 Å². The van der Waals surface area contributed by atoms with Crippen molar-refractivity contribution in [2.45, 2.75) is 31.7 Å². The average molecular weight is 510 g/mol. The van der Waals surface area contributed by atoms with Crippen molar-refractivity contribution in [1.82, 2.24) is 9.55 Å². The Labute approximate surface area is 222 Å². The lowest BCUT2D eigenvalue weighted by Gasteiger charge is -2.22. The van der Waals surface area contributed by atoms with Crippen molar-refractivity contribution in [3.8, 4) is 17.2 Å². The molecule has 2 aliphatic heterocycles. The Morgan fingerprint density at radius 2 is 1.84 bits per heavy atom. The quantitative estimate of drug-likeness (QED) is 0.219. The van der Waals surface area contributed by atoms with Gasteiger partial charge in [0.25, 0.3) is 0 Å². The smallest absolute Gasteiger partial charge is 0.227 e. The van der Waals surface area contributed by atoms with Crippen LogP contribution in [0.3, 0.4) is 0 Å². The molecular weight excluding hydrogens is 478 g/mol. The van der Waals surface area contributed by atoms with Gasteiger partial charge in [0.1, 0.15) is 24.8 Å². The van der Waals surface area contributed by atoms with E-state index in [0.717, 1.165) is 59.0 Å². The van der Waals surface area contributed by atoms with Crippen molar-refractivity contribution in [1.29, 1.82) is 0 Å². The van der Waals surface area contributed by atoms with Crippen LogP contribution in [-0.2, 0) is 17.8 Å². The molecule has 1 saturated heterocycles. The molecule has 6 rings (SSSR count). The molecule has 2 aliphatic rings. The second kappa shape index (κ2) is 10.6. The van der Waals surface area contributed by atoms with Crippen molar-refractivity contribution < 1.29 is 19.0 Å². The van der Waals surface area contributed by atoms with Gasteiger partial charge in [-0.2, -0.15) is 0 Å². The van der Waals surface area contributed by atoms with E-state index in [0.29, 0.717) is 38.5 Å². The van der Waals surface area contributed by atoms with E-state index in [4.69, 9.17) is 19.2 Å². The Balaban J connectivity index is 1.20. The lowest BCUT2D eigenvalue weighted by atomic mass is 10.1. The van der Waals surface area contributed by atoms with Crippen LogP contribution in [0.2, 0.25) is 0 Å². The zero-order valence-electron chi connectivity index (χ0n) is 21.3. The number of carbonyl (C=O) groups excluding carboxylic acids is 1. The van der Waals surface area contributed by atoms with Crippen LogP contribution in [0.15, 0.2) is 79.4 Å². The summed E-state index contributed by atoms with van der Waals surface area (Å²) in [5.74, 6) is 3.35. The van der Waals surface area contributed by atoms with E-state index in [1.54, 1.807) is 0 Å². The van der Waals surface area contributed by atoms with E-state index >= 15 is 0 Å². The van der Waals surface area contributed by atoms with Crippen LogP contribution in [0.5, 0.6) is 17.2 Å². The number of amides is 1. The molecule has 1 fully saturated rings. The van der Waals surface area contributed by atoms with Gasteiger partial charge in [-0.15, -0.1) is 6.58 Å². The average Bonchev–Trinajstić information content (AvgIpc) is 3.52. The number of aromatic nitrogens is 2. The molecule has 3 aromatic carbocycles. The van der Waals surface area contributed by atoms with Gasteiger partial charge in [-0.1, -0.05) is 36.4 Å². The summed E-state index contributed by atoms with van der Waals surface area (Å²) >= 11 is 0. The van der Waals surface area contributed by atoms with Crippen LogP contribution in [0.4, 0.5) is 5.69 Å². The number of ether oxygens (including phenoxy) is 3. The van der Waals surface area contributed by atoms with Gasteiger partial charge >= 0.3 is 0 Å². The first kappa shape index (κ1) is 24.1. The third-order valence-corrected chi connectivity index (χ3v) is 7.13. The summed E-state index contributed by atoms with van der Waals surface area (Å²) in [6.45, 7) is 6.83. The highest BCUT2D eigenvalue weighted by atomic mass is 16.6. The molecule has 1 amide bonds. The first-order chi connectivity index (χ1) is 18.7. The molecule has 0 radical (unpaired) electrons. The number of hydrogen-bond acceptors (Lipinski definition) is 5. The highest BCUT2D eigenvalue weighted by Gasteiger charge is 2.35. The van der Waals surface area contributed by atoms with Gasteiger partial charge in [0.15, 0.2) is 11.5 Å². The number of allylic oxidation sites excluding steroid dienone is 1. The molecule has 194 valence electrons. The summed E-state index contributed by atoms with van der Waals surface area (Å²) in [6, 6.07) is 22.0. The third kappa shape index (κ3) is 4.72. The van der Waals surface area contributed by atoms with E-state index in [1.165, 1.54) is 0 Å². The molecule has 0 bridgehead atoms. The monoisotopic (exact) mass is 509 g/mol. The fourth-order valence-electron chi connectivity index (χ4n) is 5.34. The molecular formula is C31H31N3O4. The topological polar surface area (TPSA) is 65.8 Å². The number of imidazole rings is 1. The van der Waals surface area contributed by atoms with Crippen molar-refractivity contribution in [3.63, 3.8) is 0 Å². The van der Waals surface area contributed by atoms with Gasteiger partial charge in [0.05, 0.1) is 17.6 Å². The van der Waals surface area contributed by atoms with Gasteiger partial charge < -0.3 is 23.7 Å². The van der Waals surface area contributed by atoms with Crippen molar-refractivity contribution in [2.75, 3.05) is 31.3 Å². The first-order valence-corrected chi connectivity index (χ1v) is 13.2. The second-order valence-corrected chi connectivity index (χ2v) is 9.65. The number of rotatable bonds is 9. The molecule has 0 N–H and O–H groups in total. The molecule has 7 nitrogen and oxygen atoms in total. The van der Waals surface area contributed by atoms with Crippen LogP contribution >= 0.6 is 0 Å². The minimum atomic E-state index is -0.00247. The zero-order chi connectivity index (χ0) is 25.9. The molecule has 3 heterocycles. The van der Waals surface area contributed by atoms with Gasteiger partial charge in [0.2, 0.25) is 5.91 Å². The number of nitrogens with zero attached hydrogens (tertiary/aromatic N) is 3. The van der Waals surface area contributed by atoms with Gasteiger partial charge in [-0.3, -0.25) is 4.79 Å². The van der Waals surface area contributed by atoms with E-state index < -0.39 is 0 Å². The molecule has 1 atom stereocenters. The largest absolute Gasteiger partial charge is 0.493 e. The number of carbonyl (C=O) groups is 1. The summed E-state index contributed by atoms with van der Waals surface area (Å²) in [6.07, 6.45) is 3.91. The number of fused-ring (bicyclic) bond motifs is 2. The maximum atomic E-state index is 13.1. The molecule has 0 aliphatic carbocycles. The molecule has 4 aromatic rings. The van der Waals surface area contributed by atoms with Crippen LogP contribution in [-0.4, -0.2) is 41.8 Å². The lowest BCUT2D eigenvalue weighted by Crippen LogP contribution is -2.25. The summed E-state index contributed by atoms with van der Waals surface area (Å²) < 4.78 is 19.8. The summed E-state index contributed by atoms with van der Waals surface area (Å²) in [4.78, 5) is 20.0. The minimum Gasteiger partial charge on any atom is -0.493 e. The molecule has 1 unspecified atom stereocenters. The van der Waals surface area contributed by atoms with E-state index in [-0.39, 0.29) is 11.8 Å². The summed E-state index contributed by atoms with van der Waals surface area (Å²) in [7, 11) is 0. The molecule has 1 aromatic heterocycles. The van der Waals surface area contributed by atoms with Gasteiger partial charge in [-0.25, -0.2) is 4.98 Å². The maximum absolute atomic E-state index is 13.1. The van der Waals surface area contributed by atoms with E-state index in [9.17, 15) is 4.79 Å². The fraction of sp³-hybridized carbons (Fsp3) is 0.290. The number of para-hydroxylation sites is 3. The molecule has 38 heavy (non-hydrogen) atoms. The molecule has 0 saturated carbocycles. The zero-order valence-corrected chi connectivity index (χ0v) is 21.3. The summed E-state index contributed by atoms with van der Waals surface area (Å²) in [5.41, 5.74) is 4.00. The Kier molecular flexibility index (Phi) is 6.73. The lowest BCUT2D eigenvalue weighted by molar-refractivity contribution is -0.117. The number of anilines is 1. The number of aryl methyl sites for hydroxylation is 1. The minimum absolute atomic E-state index is 0.00247. The van der Waals surface area contributed by atoms with Crippen LogP contribution in [0.1, 0.15) is 30.1 Å². The molecule has 0 spiro atoms. The predicted molar refractivity (Wildman–Crippen MR) is 147 cm³/mol.